The number of aromatic carboxylic acids is 1. The number of carboxylic acids is 1. The molecule has 0 bridgehead atoms. The second-order valence-electron chi connectivity index (χ2n) is 5.21. The highest BCUT2D eigenvalue weighted by atomic mass is 16.5. The molecule has 0 aliphatic carbocycles. The number of pyridine rings is 1. The van der Waals surface area contributed by atoms with Gasteiger partial charge in [0.15, 0.2) is 0 Å². The van der Waals surface area contributed by atoms with Gasteiger partial charge in [-0.15, -0.1) is 0 Å². The second kappa shape index (κ2) is 6.19. The number of aromatic nitrogens is 1. The highest BCUT2D eigenvalue weighted by Crippen LogP contribution is 2.21. The smallest absolute Gasteiger partial charge is 0.354 e. The lowest BCUT2D eigenvalue weighted by atomic mass is 9.94. The van der Waals surface area contributed by atoms with E-state index in [-0.39, 0.29) is 17.9 Å². The summed E-state index contributed by atoms with van der Waals surface area (Å²) in [6, 6.07) is 4.26. The number of hydrogen-bond acceptors (Lipinski definition) is 5. The summed E-state index contributed by atoms with van der Waals surface area (Å²) in [5.74, 6) is -1.60. The molecule has 1 aliphatic rings. The third-order valence-electron chi connectivity index (χ3n) is 3.49. The Kier molecular flexibility index (Phi) is 4.54. The minimum atomic E-state index is -1.18. The number of hydrogen-bond donors (Lipinski definition) is 2. The number of aliphatic hydroxyl groups is 1. The summed E-state index contributed by atoms with van der Waals surface area (Å²) in [6.07, 6.45) is 0.931. The van der Waals surface area contributed by atoms with Crippen LogP contribution < -0.4 is 0 Å². The lowest BCUT2D eigenvalue weighted by Crippen LogP contribution is -2.47. The van der Waals surface area contributed by atoms with E-state index >= 15 is 0 Å². The molecule has 21 heavy (non-hydrogen) atoms. The first-order valence-corrected chi connectivity index (χ1v) is 6.67. The highest BCUT2D eigenvalue weighted by Gasteiger charge is 2.32. The highest BCUT2D eigenvalue weighted by molar-refractivity contribution is 5.94. The van der Waals surface area contributed by atoms with Gasteiger partial charge in [0.25, 0.3) is 5.91 Å². The van der Waals surface area contributed by atoms with Crippen molar-refractivity contribution in [1.29, 1.82) is 0 Å². The number of carbonyl (C=O) groups is 2. The van der Waals surface area contributed by atoms with Gasteiger partial charge in [-0.05, 0) is 12.1 Å². The SMILES string of the molecule is CN(CC1(O)CCOCC1)C(=O)c1cccc(C(=O)O)n1. The van der Waals surface area contributed by atoms with Crippen LogP contribution in [0.3, 0.4) is 0 Å². The van der Waals surface area contributed by atoms with Crippen LogP contribution >= 0.6 is 0 Å². The van der Waals surface area contributed by atoms with Crippen LogP contribution in [0.2, 0.25) is 0 Å². The van der Waals surface area contributed by atoms with Crippen molar-refractivity contribution in [3.8, 4) is 0 Å². The average Bonchev–Trinajstić information content (AvgIpc) is 2.46. The molecular weight excluding hydrogens is 276 g/mol. The standard InChI is InChI=1S/C14H18N2O5/c1-16(9-14(20)5-7-21-8-6-14)12(17)10-3-2-4-11(15-10)13(18)19/h2-4,20H,5-9H2,1H3,(H,18,19). The molecule has 1 amide bonds. The topological polar surface area (TPSA) is 100.0 Å². The maximum Gasteiger partial charge on any atom is 0.354 e. The Morgan fingerprint density at radius 3 is 2.57 bits per heavy atom. The molecule has 0 radical (unpaired) electrons. The summed E-state index contributed by atoms with van der Waals surface area (Å²) in [6.45, 7) is 1.09. The van der Waals surface area contributed by atoms with Gasteiger partial charge in [-0.1, -0.05) is 6.07 Å². The van der Waals surface area contributed by atoms with Crippen molar-refractivity contribution in [2.45, 2.75) is 18.4 Å². The van der Waals surface area contributed by atoms with E-state index in [1.54, 1.807) is 7.05 Å². The van der Waals surface area contributed by atoms with Crippen LogP contribution in [0.5, 0.6) is 0 Å². The molecule has 0 unspecified atom stereocenters. The summed E-state index contributed by atoms with van der Waals surface area (Å²) >= 11 is 0. The molecule has 1 aromatic heterocycles. The molecule has 0 aromatic carbocycles. The lowest BCUT2D eigenvalue weighted by Gasteiger charge is -2.35. The summed E-state index contributed by atoms with van der Waals surface area (Å²) in [7, 11) is 1.56. The summed E-state index contributed by atoms with van der Waals surface area (Å²) in [5, 5.41) is 19.3. The summed E-state index contributed by atoms with van der Waals surface area (Å²) in [4.78, 5) is 28.3. The van der Waals surface area contributed by atoms with Crippen molar-refractivity contribution < 1.29 is 24.5 Å². The van der Waals surface area contributed by atoms with E-state index in [0.717, 1.165) is 0 Å². The van der Waals surface area contributed by atoms with E-state index in [4.69, 9.17) is 9.84 Å². The van der Waals surface area contributed by atoms with Crippen molar-refractivity contribution in [3.63, 3.8) is 0 Å². The largest absolute Gasteiger partial charge is 0.477 e. The fourth-order valence-corrected chi connectivity index (χ4v) is 2.29. The van der Waals surface area contributed by atoms with Crippen LogP contribution in [0.1, 0.15) is 33.8 Å². The zero-order valence-electron chi connectivity index (χ0n) is 11.8. The predicted molar refractivity (Wildman–Crippen MR) is 73.2 cm³/mol. The zero-order valence-corrected chi connectivity index (χ0v) is 11.8. The van der Waals surface area contributed by atoms with E-state index in [2.05, 4.69) is 4.98 Å². The van der Waals surface area contributed by atoms with Crippen molar-refractivity contribution in [2.75, 3.05) is 26.8 Å². The second-order valence-corrected chi connectivity index (χ2v) is 5.21. The molecule has 2 rings (SSSR count). The van der Waals surface area contributed by atoms with Crippen molar-refractivity contribution in [3.05, 3.63) is 29.6 Å². The molecular formula is C14H18N2O5. The van der Waals surface area contributed by atoms with E-state index in [1.165, 1.54) is 23.1 Å². The van der Waals surface area contributed by atoms with Crippen molar-refractivity contribution in [1.82, 2.24) is 9.88 Å². The monoisotopic (exact) mass is 294 g/mol. The van der Waals surface area contributed by atoms with Crippen molar-refractivity contribution >= 4 is 11.9 Å². The number of nitrogens with zero attached hydrogens (tertiary/aromatic N) is 2. The molecule has 7 heteroatoms. The first-order valence-electron chi connectivity index (χ1n) is 6.67. The van der Waals surface area contributed by atoms with Gasteiger partial charge in [-0.2, -0.15) is 0 Å². The van der Waals surface area contributed by atoms with Gasteiger partial charge in [0, 0.05) is 39.6 Å². The van der Waals surface area contributed by atoms with Crippen LogP contribution in [-0.2, 0) is 4.74 Å². The number of likely N-dealkylation sites (N-methyl/N-ethyl adjacent to an activating group) is 1. The molecule has 2 N–H and O–H groups in total. The van der Waals surface area contributed by atoms with Gasteiger partial charge in [0.1, 0.15) is 11.4 Å². The van der Waals surface area contributed by atoms with Crippen LogP contribution in [0.4, 0.5) is 0 Å². The average molecular weight is 294 g/mol. The van der Waals surface area contributed by atoms with Gasteiger partial charge < -0.3 is 19.8 Å². The molecule has 7 nitrogen and oxygen atoms in total. The fraction of sp³-hybridized carbons (Fsp3) is 0.500. The molecule has 1 aromatic rings. The Morgan fingerprint density at radius 1 is 1.33 bits per heavy atom. The zero-order chi connectivity index (χ0) is 15.5. The van der Waals surface area contributed by atoms with E-state index in [0.29, 0.717) is 26.1 Å². The van der Waals surface area contributed by atoms with Gasteiger partial charge >= 0.3 is 5.97 Å². The molecule has 1 fully saturated rings. The minimum Gasteiger partial charge on any atom is -0.477 e. The maximum atomic E-state index is 12.3. The van der Waals surface area contributed by atoms with E-state index in [9.17, 15) is 14.7 Å². The number of amides is 1. The number of carboxylic acid groups (broad SMARTS) is 1. The fourth-order valence-electron chi connectivity index (χ4n) is 2.29. The molecule has 0 saturated carbocycles. The normalized spacial score (nSPS) is 17.2. The van der Waals surface area contributed by atoms with Crippen LogP contribution in [-0.4, -0.2) is 64.4 Å². The molecule has 1 aliphatic heterocycles. The number of ether oxygens (including phenoxy) is 1. The lowest BCUT2D eigenvalue weighted by molar-refractivity contribution is -0.0734. The molecule has 2 heterocycles. The van der Waals surface area contributed by atoms with Crippen molar-refractivity contribution in [2.24, 2.45) is 0 Å². The summed E-state index contributed by atoms with van der Waals surface area (Å²) in [5.41, 5.74) is -1.10. The van der Waals surface area contributed by atoms with Gasteiger partial charge in [0.2, 0.25) is 0 Å². The Labute approximate surface area is 122 Å². The Bertz CT molecular complexity index is 540. The molecule has 114 valence electrons. The van der Waals surface area contributed by atoms with E-state index < -0.39 is 17.5 Å². The number of carbonyl (C=O) groups excluding carboxylic acids is 1. The van der Waals surface area contributed by atoms with Crippen LogP contribution in [0, 0.1) is 0 Å². The predicted octanol–water partition coefficient (Wildman–Crippen LogP) is 0.393. The van der Waals surface area contributed by atoms with E-state index in [1.807, 2.05) is 0 Å². The summed E-state index contributed by atoms with van der Waals surface area (Å²) < 4.78 is 5.19. The Morgan fingerprint density at radius 2 is 1.95 bits per heavy atom. The van der Waals surface area contributed by atoms with Gasteiger partial charge in [-0.25, -0.2) is 9.78 Å². The maximum absolute atomic E-state index is 12.3. The quantitative estimate of drug-likeness (QED) is 0.833. The first-order chi connectivity index (χ1) is 9.91. The van der Waals surface area contributed by atoms with Crippen LogP contribution in [0.25, 0.3) is 0 Å². The minimum absolute atomic E-state index is 0.0491. The Hall–Kier alpha value is -1.99. The third-order valence-corrected chi connectivity index (χ3v) is 3.49. The first kappa shape index (κ1) is 15.4. The molecule has 0 atom stereocenters. The van der Waals surface area contributed by atoms with Crippen LogP contribution in [0.15, 0.2) is 18.2 Å². The third kappa shape index (κ3) is 3.77. The Balaban J connectivity index is 2.08. The molecule has 1 saturated heterocycles. The van der Waals surface area contributed by atoms with Gasteiger partial charge in [-0.3, -0.25) is 4.79 Å². The van der Waals surface area contributed by atoms with Gasteiger partial charge in [0.05, 0.1) is 5.60 Å². The number of rotatable bonds is 4. The molecule has 0 spiro atoms.